The summed E-state index contributed by atoms with van der Waals surface area (Å²) in [4.78, 5) is 24.4. The number of hydrogen-bond donors (Lipinski definition) is 0. The van der Waals surface area contributed by atoms with E-state index in [4.69, 9.17) is 21.1 Å². The first-order chi connectivity index (χ1) is 13.1. The summed E-state index contributed by atoms with van der Waals surface area (Å²) >= 11 is 9.14. The lowest BCUT2D eigenvalue weighted by Gasteiger charge is -2.14. The van der Waals surface area contributed by atoms with Gasteiger partial charge in [-0.05, 0) is 52.3 Å². The number of carbonyl (C=O) groups excluding carboxylic acids is 2. The first-order valence-electron chi connectivity index (χ1n) is 7.84. The summed E-state index contributed by atoms with van der Waals surface area (Å²) in [5.41, 5.74) is 0.259. The van der Waals surface area contributed by atoms with Crippen LogP contribution in [0.5, 0.6) is 5.75 Å². The lowest BCUT2D eigenvalue weighted by Crippen LogP contribution is -2.23. The molecule has 0 amide bonds. The van der Waals surface area contributed by atoms with Gasteiger partial charge in [-0.25, -0.2) is 17.5 Å². The van der Waals surface area contributed by atoms with Gasteiger partial charge in [0.1, 0.15) is 5.75 Å². The molecule has 0 fully saturated rings. The zero-order valence-corrected chi connectivity index (χ0v) is 18.4. The van der Waals surface area contributed by atoms with Crippen LogP contribution in [0, 0.1) is 0 Å². The normalized spacial score (nSPS) is 11.4. The summed E-state index contributed by atoms with van der Waals surface area (Å²) in [6.45, 7) is -0.521. The third-order valence-electron chi connectivity index (χ3n) is 3.73. The van der Waals surface area contributed by atoms with Gasteiger partial charge in [-0.15, -0.1) is 0 Å². The molecule has 0 aromatic heterocycles. The number of carbonyl (C=O) groups is 2. The summed E-state index contributed by atoms with van der Waals surface area (Å²) in [5, 5.41) is 0.256. The highest BCUT2D eigenvalue weighted by Crippen LogP contribution is 2.26. The number of methoxy groups -OCH3 is 1. The Balaban J connectivity index is 2.15. The molecular weight excluding hydrogens is 474 g/mol. The quantitative estimate of drug-likeness (QED) is 0.436. The van der Waals surface area contributed by atoms with Crippen molar-refractivity contribution in [2.75, 3.05) is 27.8 Å². The summed E-state index contributed by atoms with van der Waals surface area (Å²) in [7, 11) is 0.449. The predicted octanol–water partition coefficient (Wildman–Crippen LogP) is 3.40. The molecule has 0 saturated carbocycles. The average molecular weight is 491 g/mol. The first-order valence-corrected chi connectivity index (χ1v) is 10.4. The molecule has 0 aliphatic carbocycles. The van der Waals surface area contributed by atoms with Crippen LogP contribution in [0.15, 0.2) is 45.8 Å². The number of esters is 1. The largest absolute Gasteiger partial charge is 0.495 e. The number of Topliss-reactive ketones (excluding diaryl/α,β-unsaturated/α-hetero) is 1. The highest BCUT2D eigenvalue weighted by atomic mass is 79.9. The molecule has 0 spiro atoms. The van der Waals surface area contributed by atoms with Crippen LogP contribution in [0.4, 0.5) is 0 Å². The summed E-state index contributed by atoms with van der Waals surface area (Å²) < 4.78 is 36.0. The maximum atomic E-state index is 12.3. The molecule has 0 saturated heterocycles. The molecule has 2 rings (SSSR count). The monoisotopic (exact) mass is 489 g/mol. The van der Waals surface area contributed by atoms with Gasteiger partial charge in [-0.1, -0.05) is 11.6 Å². The first kappa shape index (κ1) is 22.4. The minimum Gasteiger partial charge on any atom is -0.495 e. The van der Waals surface area contributed by atoms with Crippen molar-refractivity contribution in [2.45, 2.75) is 4.90 Å². The molecule has 10 heteroatoms. The Morgan fingerprint density at radius 2 is 1.75 bits per heavy atom. The average Bonchev–Trinajstić information content (AvgIpc) is 2.65. The zero-order chi connectivity index (χ0) is 21.1. The Morgan fingerprint density at radius 3 is 2.32 bits per heavy atom. The van der Waals surface area contributed by atoms with Gasteiger partial charge in [0.25, 0.3) is 0 Å². The fraction of sp³-hybridized carbons (Fsp3) is 0.222. The van der Waals surface area contributed by atoms with Crippen molar-refractivity contribution in [1.29, 1.82) is 0 Å². The molecule has 0 bridgehead atoms. The Kier molecular flexibility index (Phi) is 7.22. The van der Waals surface area contributed by atoms with Crippen LogP contribution in [0.25, 0.3) is 0 Å². The third kappa shape index (κ3) is 4.91. The minimum atomic E-state index is -3.76. The highest BCUT2D eigenvalue weighted by Gasteiger charge is 2.23. The number of rotatable bonds is 7. The van der Waals surface area contributed by atoms with Crippen LogP contribution in [-0.4, -0.2) is 52.3 Å². The Bertz CT molecular complexity index is 1020. The van der Waals surface area contributed by atoms with Gasteiger partial charge in [0.15, 0.2) is 12.4 Å². The predicted molar refractivity (Wildman–Crippen MR) is 108 cm³/mol. The molecule has 0 heterocycles. The Hall–Kier alpha value is -1.94. The number of hydrogen-bond acceptors (Lipinski definition) is 6. The van der Waals surface area contributed by atoms with Crippen molar-refractivity contribution < 1.29 is 27.5 Å². The SMILES string of the molecule is COc1ccc(C(=O)COC(=O)c2ccc(Br)c(S(=O)(=O)N(C)C)c2)cc1Cl. The topological polar surface area (TPSA) is 90.0 Å². The molecule has 0 aliphatic heterocycles. The van der Waals surface area contributed by atoms with E-state index in [1.165, 1.54) is 57.6 Å². The van der Waals surface area contributed by atoms with Gasteiger partial charge in [-0.2, -0.15) is 0 Å². The van der Waals surface area contributed by atoms with Gasteiger partial charge in [0.05, 0.1) is 22.6 Å². The minimum absolute atomic E-state index is 0.00388. The van der Waals surface area contributed by atoms with Crippen molar-refractivity contribution in [3.63, 3.8) is 0 Å². The van der Waals surface area contributed by atoms with Crippen molar-refractivity contribution in [2.24, 2.45) is 0 Å². The fourth-order valence-corrected chi connectivity index (χ4v) is 4.26. The Labute approximate surface area is 176 Å². The van der Waals surface area contributed by atoms with E-state index in [0.717, 1.165) is 4.31 Å². The molecule has 2 aromatic rings. The molecule has 0 unspecified atom stereocenters. The maximum absolute atomic E-state index is 12.3. The lowest BCUT2D eigenvalue weighted by atomic mass is 10.1. The molecule has 150 valence electrons. The molecule has 2 aromatic carbocycles. The van der Waals surface area contributed by atoms with Crippen LogP contribution in [-0.2, 0) is 14.8 Å². The second kappa shape index (κ2) is 9.04. The number of halogens is 2. The van der Waals surface area contributed by atoms with E-state index in [2.05, 4.69) is 15.9 Å². The van der Waals surface area contributed by atoms with E-state index in [-0.39, 0.29) is 21.0 Å². The second-order valence-corrected chi connectivity index (χ2v) is 9.16. The van der Waals surface area contributed by atoms with E-state index in [0.29, 0.717) is 10.2 Å². The smallest absolute Gasteiger partial charge is 0.338 e. The molecular formula is C18H17BrClNO6S. The zero-order valence-electron chi connectivity index (χ0n) is 15.2. The molecule has 7 nitrogen and oxygen atoms in total. The van der Waals surface area contributed by atoms with Crippen LogP contribution in [0.1, 0.15) is 20.7 Å². The van der Waals surface area contributed by atoms with E-state index in [1.807, 2.05) is 0 Å². The molecule has 28 heavy (non-hydrogen) atoms. The molecule has 0 atom stereocenters. The number of ether oxygens (including phenoxy) is 2. The van der Waals surface area contributed by atoms with Crippen LogP contribution < -0.4 is 4.74 Å². The fourth-order valence-electron chi connectivity index (χ4n) is 2.16. The molecule has 0 aliphatic rings. The summed E-state index contributed by atoms with van der Waals surface area (Å²) in [6.07, 6.45) is 0. The van der Waals surface area contributed by atoms with E-state index < -0.39 is 28.4 Å². The van der Waals surface area contributed by atoms with Gasteiger partial charge < -0.3 is 9.47 Å². The Morgan fingerprint density at radius 1 is 1.11 bits per heavy atom. The van der Waals surface area contributed by atoms with Crippen molar-refractivity contribution >= 4 is 49.3 Å². The standard InChI is InChI=1S/C18H17BrClNO6S/c1-21(2)28(24,25)17-9-12(4-6-13(17)19)18(23)27-10-15(22)11-5-7-16(26-3)14(20)8-11/h4-9H,10H2,1-3H3. The summed E-state index contributed by atoms with van der Waals surface area (Å²) in [6, 6.07) is 8.47. The maximum Gasteiger partial charge on any atom is 0.338 e. The second-order valence-electron chi connectivity index (χ2n) is 5.78. The highest BCUT2D eigenvalue weighted by molar-refractivity contribution is 9.10. The molecule has 0 N–H and O–H groups in total. The number of nitrogens with zero attached hydrogens (tertiary/aromatic N) is 1. The van der Waals surface area contributed by atoms with Gasteiger partial charge in [0.2, 0.25) is 10.0 Å². The lowest BCUT2D eigenvalue weighted by molar-refractivity contribution is 0.0474. The van der Waals surface area contributed by atoms with Crippen LogP contribution >= 0.6 is 27.5 Å². The molecule has 0 radical (unpaired) electrons. The van der Waals surface area contributed by atoms with E-state index in [9.17, 15) is 18.0 Å². The van der Waals surface area contributed by atoms with Crippen molar-refractivity contribution in [3.05, 3.63) is 57.0 Å². The number of benzene rings is 2. The summed E-state index contributed by atoms with van der Waals surface area (Å²) in [5.74, 6) is -0.869. The van der Waals surface area contributed by atoms with Crippen LogP contribution in [0.2, 0.25) is 5.02 Å². The van der Waals surface area contributed by atoms with Gasteiger partial charge in [-0.3, -0.25) is 4.79 Å². The van der Waals surface area contributed by atoms with Gasteiger partial charge >= 0.3 is 5.97 Å². The van der Waals surface area contributed by atoms with Gasteiger partial charge in [0, 0.05) is 24.1 Å². The van der Waals surface area contributed by atoms with Crippen molar-refractivity contribution in [1.82, 2.24) is 4.31 Å². The third-order valence-corrected chi connectivity index (χ3v) is 6.84. The van der Waals surface area contributed by atoms with Crippen LogP contribution in [0.3, 0.4) is 0 Å². The number of ketones is 1. The number of sulfonamides is 1. The van der Waals surface area contributed by atoms with E-state index in [1.54, 1.807) is 0 Å². The van der Waals surface area contributed by atoms with Crippen molar-refractivity contribution in [3.8, 4) is 5.75 Å². The van der Waals surface area contributed by atoms with E-state index >= 15 is 0 Å².